The molecule has 1 aromatic carbocycles. The molecule has 2 rings (SSSR count). The van der Waals surface area contributed by atoms with Gasteiger partial charge in [0.1, 0.15) is 0 Å². The second-order valence-corrected chi connectivity index (χ2v) is 3.47. The molecule has 1 heterocycles. The molecule has 14 heavy (non-hydrogen) atoms. The summed E-state index contributed by atoms with van der Waals surface area (Å²) in [7, 11) is 2.03. The van der Waals surface area contributed by atoms with Gasteiger partial charge in [0.15, 0.2) is 0 Å². The van der Waals surface area contributed by atoms with Crippen molar-refractivity contribution in [1.82, 2.24) is 4.57 Å². The first-order valence-corrected chi connectivity index (χ1v) is 4.66. The Labute approximate surface area is 83.6 Å². The van der Waals surface area contributed by atoms with Gasteiger partial charge in [0.25, 0.3) is 0 Å². The Morgan fingerprint density at radius 3 is 2.86 bits per heavy atom. The molecule has 0 aliphatic carbocycles. The molecule has 0 bridgehead atoms. The summed E-state index contributed by atoms with van der Waals surface area (Å²) in [5, 5.41) is 1.21. The predicted octanol–water partition coefficient (Wildman–Crippen LogP) is 2.36. The molecule has 2 nitrogen and oxygen atoms in total. The highest BCUT2D eigenvalue weighted by molar-refractivity contribution is 5.84. The molecule has 2 heteroatoms. The van der Waals surface area contributed by atoms with Gasteiger partial charge in [0.2, 0.25) is 0 Å². The molecule has 2 aromatic rings. The number of hydrogen-bond donors (Lipinski definition) is 1. The molecule has 0 saturated heterocycles. The van der Waals surface area contributed by atoms with E-state index in [1.165, 1.54) is 10.9 Å². The lowest BCUT2D eigenvalue weighted by Crippen LogP contribution is -2.05. The second kappa shape index (κ2) is 3.31. The maximum absolute atomic E-state index is 5.94. The first-order valence-electron chi connectivity index (χ1n) is 4.66. The third-order valence-corrected chi connectivity index (χ3v) is 2.54. The lowest BCUT2D eigenvalue weighted by Gasteiger charge is -2.02. The van der Waals surface area contributed by atoms with Crippen LogP contribution in [0.4, 0.5) is 0 Å². The third kappa shape index (κ3) is 1.24. The van der Waals surface area contributed by atoms with E-state index in [1.54, 1.807) is 6.08 Å². The van der Waals surface area contributed by atoms with Crippen LogP contribution in [0.1, 0.15) is 11.6 Å². The van der Waals surface area contributed by atoms with Crippen LogP contribution in [0, 0.1) is 0 Å². The largest absolute Gasteiger partial charge is 0.350 e. The summed E-state index contributed by atoms with van der Waals surface area (Å²) in [6.07, 6.45) is 3.83. The number of nitrogens with two attached hydrogens (primary N) is 1. The topological polar surface area (TPSA) is 30.9 Å². The Balaban J connectivity index is 2.72. The zero-order valence-corrected chi connectivity index (χ0v) is 8.27. The summed E-state index contributed by atoms with van der Waals surface area (Å²) in [6, 6.07) is 8.16. The van der Waals surface area contributed by atoms with E-state index in [-0.39, 0.29) is 6.04 Å². The molecule has 0 spiro atoms. The quantitative estimate of drug-likeness (QED) is 0.717. The molecular formula is C12H14N2. The van der Waals surface area contributed by atoms with E-state index in [9.17, 15) is 0 Å². The Bertz CT molecular complexity index is 468. The Hall–Kier alpha value is -1.54. The minimum absolute atomic E-state index is 0.0823. The van der Waals surface area contributed by atoms with Gasteiger partial charge in [-0.2, -0.15) is 0 Å². The summed E-state index contributed by atoms with van der Waals surface area (Å²) in [5.74, 6) is 0. The van der Waals surface area contributed by atoms with Crippen LogP contribution in [-0.2, 0) is 7.05 Å². The van der Waals surface area contributed by atoms with Crippen LogP contribution in [0.25, 0.3) is 10.9 Å². The van der Waals surface area contributed by atoms with Crippen LogP contribution in [-0.4, -0.2) is 4.57 Å². The zero-order valence-electron chi connectivity index (χ0n) is 8.27. The molecule has 72 valence electrons. The Kier molecular flexibility index (Phi) is 2.14. The van der Waals surface area contributed by atoms with Gasteiger partial charge in [0, 0.05) is 30.2 Å². The van der Waals surface area contributed by atoms with Gasteiger partial charge in [-0.1, -0.05) is 24.3 Å². The van der Waals surface area contributed by atoms with E-state index >= 15 is 0 Å². The molecule has 0 amide bonds. The number of hydrogen-bond acceptors (Lipinski definition) is 1. The van der Waals surface area contributed by atoms with E-state index < -0.39 is 0 Å². The molecular weight excluding hydrogens is 172 g/mol. The summed E-state index contributed by atoms with van der Waals surface area (Å²) >= 11 is 0. The van der Waals surface area contributed by atoms with Gasteiger partial charge < -0.3 is 10.3 Å². The van der Waals surface area contributed by atoms with Gasteiger partial charge in [-0.05, 0) is 11.6 Å². The van der Waals surface area contributed by atoms with E-state index in [2.05, 4.69) is 29.5 Å². The molecule has 1 atom stereocenters. The van der Waals surface area contributed by atoms with Crippen molar-refractivity contribution in [3.63, 3.8) is 0 Å². The van der Waals surface area contributed by atoms with Crippen molar-refractivity contribution in [3.05, 3.63) is 48.7 Å². The van der Waals surface area contributed by atoms with Gasteiger partial charge in [0.05, 0.1) is 0 Å². The third-order valence-electron chi connectivity index (χ3n) is 2.54. The highest BCUT2D eigenvalue weighted by Gasteiger charge is 2.09. The van der Waals surface area contributed by atoms with Crippen molar-refractivity contribution in [1.29, 1.82) is 0 Å². The maximum atomic E-state index is 5.94. The molecule has 0 unspecified atom stereocenters. The fourth-order valence-electron chi connectivity index (χ4n) is 1.77. The number of aryl methyl sites for hydroxylation is 1. The van der Waals surface area contributed by atoms with E-state index in [0.717, 1.165) is 5.56 Å². The summed E-state index contributed by atoms with van der Waals surface area (Å²) in [4.78, 5) is 0. The van der Waals surface area contributed by atoms with Gasteiger partial charge in [-0.15, -0.1) is 6.58 Å². The number of benzene rings is 1. The van der Waals surface area contributed by atoms with Crippen molar-refractivity contribution < 1.29 is 0 Å². The lowest BCUT2D eigenvalue weighted by atomic mass is 10.1. The predicted molar refractivity (Wildman–Crippen MR) is 60.0 cm³/mol. The second-order valence-electron chi connectivity index (χ2n) is 3.47. The number of aromatic nitrogens is 1. The summed E-state index contributed by atoms with van der Waals surface area (Å²) in [5.41, 5.74) is 8.29. The molecule has 0 aliphatic rings. The molecule has 1 aromatic heterocycles. The number of para-hydroxylation sites is 1. The van der Waals surface area contributed by atoms with Crippen LogP contribution in [0.2, 0.25) is 0 Å². The van der Waals surface area contributed by atoms with E-state index in [4.69, 9.17) is 5.73 Å². The molecule has 0 radical (unpaired) electrons. The van der Waals surface area contributed by atoms with Crippen molar-refractivity contribution in [3.8, 4) is 0 Å². The number of nitrogens with zero attached hydrogens (tertiary/aromatic N) is 1. The van der Waals surface area contributed by atoms with Gasteiger partial charge >= 0.3 is 0 Å². The minimum Gasteiger partial charge on any atom is -0.350 e. The van der Waals surface area contributed by atoms with E-state index in [1.807, 2.05) is 19.2 Å². The SMILES string of the molecule is C=C[C@@H](N)c1cn(C)c2ccccc12. The van der Waals surface area contributed by atoms with Crippen molar-refractivity contribution in [2.45, 2.75) is 6.04 Å². The summed E-state index contributed by atoms with van der Waals surface area (Å²) < 4.78 is 2.09. The van der Waals surface area contributed by atoms with Crippen molar-refractivity contribution in [2.75, 3.05) is 0 Å². The van der Waals surface area contributed by atoms with Crippen molar-refractivity contribution >= 4 is 10.9 Å². The van der Waals surface area contributed by atoms with Crippen LogP contribution in [0.15, 0.2) is 43.1 Å². The summed E-state index contributed by atoms with van der Waals surface area (Å²) in [6.45, 7) is 3.72. The average Bonchev–Trinajstić information content (AvgIpc) is 2.56. The Morgan fingerprint density at radius 1 is 1.43 bits per heavy atom. The van der Waals surface area contributed by atoms with Crippen molar-refractivity contribution in [2.24, 2.45) is 12.8 Å². The lowest BCUT2D eigenvalue weighted by molar-refractivity contribution is 0.893. The smallest absolute Gasteiger partial charge is 0.0499 e. The maximum Gasteiger partial charge on any atom is 0.0499 e. The molecule has 2 N–H and O–H groups in total. The van der Waals surface area contributed by atoms with Gasteiger partial charge in [-0.3, -0.25) is 0 Å². The number of rotatable bonds is 2. The molecule has 0 saturated carbocycles. The highest BCUT2D eigenvalue weighted by Crippen LogP contribution is 2.24. The minimum atomic E-state index is -0.0823. The zero-order chi connectivity index (χ0) is 10.1. The van der Waals surface area contributed by atoms with Gasteiger partial charge in [-0.25, -0.2) is 0 Å². The van der Waals surface area contributed by atoms with Crippen LogP contribution < -0.4 is 5.73 Å². The first-order chi connectivity index (χ1) is 6.74. The number of fused-ring (bicyclic) bond motifs is 1. The molecule has 0 aliphatic heterocycles. The highest BCUT2D eigenvalue weighted by atomic mass is 14.9. The standard InChI is InChI=1S/C12H14N2/c1-3-11(13)10-8-14(2)12-7-5-4-6-9(10)12/h3-8,11H,1,13H2,2H3/t11-/m1/s1. The average molecular weight is 186 g/mol. The van der Waals surface area contributed by atoms with Crippen LogP contribution in [0.3, 0.4) is 0 Å². The monoisotopic (exact) mass is 186 g/mol. The van der Waals surface area contributed by atoms with Crippen LogP contribution >= 0.6 is 0 Å². The van der Waals surface area contributed by atoms with Crippen LogP contribution in [0.5, 0.6) is 0 Å². The Morgan fingerprint density at radius 2 is 2.14 bits per heavy atom. The fraction of sp³-hybridized carbons (Fsp3) is 0.167. The fourth-order valence-corrected chi connectivity index (χ4v) is 1.77. The van der Waals surface area contributed by atoms with E-state index in [0.29, 0.717) is 0 Å². The normalized spacial score (nSPS) is 13.0. The first kappa shape index (κ1) is 9.03. The molecule has 0 fully saturated rings.